The number of benzene rings is 2. The second kappa shape index (κ2) is 8.18. The first kappa shape index (κ1) is 19.2. The summed E-state index contributed by atoms with van der Waals surface area (Å²) in [6.45, 7) is 3.22. The van der Waals surface area contributed by atoms with Gasteiger partial charge in [0.15, 0.2) is 0 Å². The summed E-state index contributed by atoms with van der Waals surface area (Å²) in [5.41, 5.74) is 3.19. The molecule has 1 saturated heterocycles. The Kier molecular flexibility index (Phi) is 5.08. The molecule has 0 atom stereocenters. The molecule has 156 valence electrons. The molecule has 7 heteroatoms. The van der Waals surface area contributed by atoms with Gasteiger partial charge >= 0.3 is 0 Å². The number of anilines is 1. The van der Waals surface area contributed by atoms with Crippen LogP contribution >= 0.6 is 0 Å². The molecule has 2 aromatic carbocycles. The Balaban J connectivity index is 1.57. The third-order valence-corrected chi connectivity index (χ3v) is 5.68. The lowest BCUT2D eigenvalue weighted by Gasteiger charge is -2.33. The van der Waals surface area contributed by atoms with Crippen LogP contribution in [0.15, 0.2) is 67.0 Å². The molecule has 0 spiro atoms. The highest BCUT2D eigenvalue weighted by Gasteiger charge is 2.23. The third-order valence-electron chi connectivity index (χ3n) is 5.68. The Morgan fingerprint density at radius 3 is 2.52 bits per heavy atom. The number of hydrogen-bond donors (Lipinski definition) is 1. The molecule has 0 aliphatic carbocycles. The van der Waals surface area contributed by atoms with Crippen molar-refractivity contribution in [3.8, 4) is 17.1 Å². The molecular formula is C24H24N6O. The largest absolute Gasteiger partial charge is 0.356 e. The molecule has 0 radical (unpaired) electrons. The monoisotopic (exact) mass is 412 g/mol. The summed E-state index contributed by atoms with van der Waals surface area (Å²) in [6.07, 6.45) is 5.36. The van der Waals surface area contributed by atoms with Crippen molar-refractivity contribution in [2.45, 2.75) is 25.8 Å². The molecule has 5 rings (SSSR count). The Morgan fingerprint density at radius 1 is 1.00 bits per heavy atom. The van der Waals surface area contributed by atoms with Crippen molar-refractivity contribution in [2.75, 3.05) is 18.0 Å². The predicted molar refractivity (Wildman–Crippen MR) is 121 cm³/mol. The van der Waals surface area contributed by atoms with E-state index in [1.54, 1.807) is 17.8 Å². The lowest BCUT2D eigenvalue weighted by atomic mass is 10.0. The maximum atomic E-state index is 11.4. The minimum absolute atomic E-state index is 0.0272. The van der Waals surface area contributed by atoms with E-state index < -0.39 is 0 Å². The summed E-state index contributed by atoms with van der Waals surface area (Å²) in [5.74, 6) is 1.50. The van der Waals surface area contributed by atoms with Gasteiger partial charge < -0.3 is 10.2 Å². The molecule has 1 N–H and O–H groups in total. The van der Waals surface area contributed by atoms with Crippen LogP contribution in [0.3, 0.4) is 0 Å². The van der Waals surface area contributed by atoms with Gasteiger partial charge in [0.25, 0.3) is 5.95 Å². The molecule has 0 saturated carbocycles. The van der Waals surface area contributed by atoms with Crippen molar-refractivity contribution in [3.63, 3.8) is 0 Å². The number of amides is 1. The number of carbonyl (C=O) groups excluding carboxylic acids is 1. The Bertz CT molecular complexity index is 1200. The standard InChI is InChI=1S/C24H24N6O/c1-17(31)26-20-10-14-29(15-11-20)23-21-16-19(18-6-3-2-4-7-18)8-9-22(21)27-24(28-23)30-13-5-12-25-30/h2-9,12-13,16,20H,10-11,14-15H2,1H3,(H,26,31). The average Bonchev–Trinajstić information content (AvgIpc) is 3.34. The van der Waals surface area contributed by atoms with Gasteiger partial charge in [0.1, 0.15) is 5.82 Å². The van der Waals surface area contributed by atoms with Crippen molar-refractivity contribution in [1.82, 2.24) is 25.1 Å². The van der Waals surface area contributed by atoms with Crippen LogP contribution in [-0.4, -0.2) is 44.8 Å². The van der Waals surface area contributed by atoms with E-state index in [1.165, 1.54) is 0 Å². The van der Waals surface area contributed by atoms with Gasteiger partial charge in [0.05, 0.1) is 5.52 Å². The van der Waals surface area contributed by atoms with E-state index in [0.717, 1.165) is 53.8 Å². The summed E-state index contributed by atoms with van der Waals surface area (Å²) in [7, 11) is 0. The fourth-order valence-electron chi connectivity index (χ4n) is 4.16. The number of nitrogens with one attached hydrogen (secondary N) is 1. The van der Waals surface area contributed by atoms with Gasteiger partial charge in [-0.25, -0.2) is 9.67 Å². The zero-order chi connectivity index (χ0) is 21.2. The molecule has 2 aromatic heterocycles. The predicted octanol–water partition coefficient (Wildman–Crippen LogP) is 3.59. The van der Waals surface area contributed by atoms with Crippen LogP contribution in [0.5, 0.6) is 0 Å². The second-order valence-corrected chi connectivity index (χ2v) is 7.86. The lowest BCUT2D eigenvalue weighted by molar-refractivity contribution is -0.119. The molecule has 7 nitrogen and oxygen atoms in total. The van der Waals surface area contributed by atoms with Gasteiger partial charge in [-0.15, -0.1) is 0 Å². The molecule has 1 aliphatic rings. The number of aromatic nitrogens is 4. The highest BCUT2D eigenvalue weighted by molar-refractivity contribution is 5.93. The minimum atomic E-state index is 0.0272. The zero-order valence-electron chi connectivity index (χ0n) is 17.4. The molecule has 3 heterocycles. The Labute approximate surface area is 180 Å². The van der Waals surface area contributed by atoms with Crippen LogP contribution < -0.4 is 10.2 Å². The fourth-order valence-corrected chi connectivity index (χ4v) is 4.16. The molecule has 4 aromatic rings. The van der Waals surface area contributed by atoms with Crippen molar-refractivity contribution in [1.29, 1.82) is 0 Å². The molecule has 0 unspecified atom stereocenters. The van der Waals surface area contributed by atoms with E-state index in [4.69, 9.17) is 9.97 Å². The van der Waals surface area contributed by atoms with E-state index >= 15 is 0 Å². The van der Waals surface area contributed by atoms with Gasteiger partial charge in [-0.05, 0) is 42.2 Å². The molecule has 0 bridgehead atoms. The van der Waals surface area contributed by atoms with Gasteiger partial charge in [-0.3, -0.25) is 4.79 Å². The van der Waals surface area contributed by atoms with Gasteiger partial charge in [-0.1, -0.05) is 36.4 Å². The van der Waals surface area contributed by atoms with E-state index in [2.05, 4.69) is 45.6 Å². The smallest absolute Gasteiger partial charge is 0.253 e. The highest BCUT2D eigenvalue weighted by Crippen LogP contribution is 2.31. The number of nitrogens with zero attached hydrogens (tertiary/aromatic N) is 5. The first-order valence-corrected chi connectivity index (χ1v) is 10.6. The summed E-state index contributed by atoms with van der Waals surface area (Å²) < 4.78 is 1.69. The maximum absolute atomic E-state index is 11.4. The Hall–Kier alpha value is -3.74. The average molecular weight is 412 g/mol. The Morgan fingerprint density at radius 2 is 1.81 bits per heavy atom. The zero-order valence-corrected chi connectivity index (χ0v) is 17.4. The molecule has 1 amide bonds. The third kappa shape index (κ3) is 3.99. The number of piperidine rings is 1. The lowest BCUT2D eigenvalue weighted by Crippen LogP contribution is -2.44. The van der Waals surface area contributed by atoms with E-state index in [0.29, 0.717) is 5.95 Å². The number of rotatable bonds is 4. The maximum Gasteiger partial charge on any atom is 0.253 e. The van der Waals surface area contributed by atoms with E-state index in [1.807, 2.05) is 30.5 Å². The molecular weight excluding hydrogens is 388 g/mol. The van der Waals surface area contributed by atoms with Crippen LogP contribution in [0.4, 0.5) is 5.82 Å². The van der Waals surface area contributed by atoms with Crippen molar-refractivity contribution >= 4 is 22.6 Å². The second-order valence-electron chi connectivity index (χ2n) is 7.86. The molecule has 1 fully saturated rings. The number of carbonyl (C=O) groups is 1. The summed E-state index contributed by atoms with van der Waals surface area (Å²) in [4.78, 5) is 23.4. The SMILES string of the molecule is CC(=O)NC1CCN(c2nc(-n3cccn3)nc3ccc(-c4ccccc4)cc23)CC1. The summed E-state index contributed by atoms with van der Waals surface area (Å²) in [6, 6.07) is 18.7. The number of hydrogen-bond acceptors (Lipinski definition) is 5. The van der Waals surface area contributed by atoms with Crippen molar-refractivity contribution in [2.24, 2.45) is 0 Å². The highest BCUT2D eigenvalue weighted by atomic mass is 16.1. The van der Waals surface area contributed by atoms with Crippen molar-refractivity contribution in [3.05, 3.63) is 67.0 Å². The quantitative estimate of drug-likeness (QED) is 0.554. The summed E-state index contributed by atoms with van der Waals surface area (Å²) in [5, 5.41) is 8.38. The summed E-state index contributed by atoms with van der Waals surface area (Å²) >= 11 is 0. The van der Waals surface area contributed by atoms with E-state index in [-0.39, 0.29) is 11.9 Å². The van der Waals surface area contributed by atoms with Crippen LogP contribution in [0.1, 0.15) is 19.8 Å². The fraction of sp³-hybridized carbons (Fsp3) is 0.250. The van der Waals surface area contributed by atoms with Crippen molar-refractivity contribution < 1.29 is 4.79 Å². The van der Waals surface area contributed by atoms with Crippen LogP contribution in [0.25, 0.3) is 28.0 Å². The normalized spacial score (nSPS) is 14.7. The molecule has 31 heavy (non-hydrogen) atoms. The van der Waals surface area contributed by atoms with Gasteiger partial charge in [0, 0.05) is 43.8 Å². The molecule has 1 aliphatic heterocycles. The van der Waals surface area contributed by atoms with Crippen LogP contribution in [0.2, 0.25) is 0 Å². The minimum Gasteiger partial charge on any atom is -0.356 e. The number of fused-ring (bicyclic) bond motifs is 1. The van der Waals surface area contributed by atoms with E-state index in [9.17, 15) is 4.79 Å². The first-order chi connectivity index (χ1) is 15.2. The van der Waals surface area contributed by atoms with Gasteiger partial charge in [-0.2, -0.15) is 10.1 Å². The van der Waals surface area contributed by atoms with Crippen LogP contribution in [-0.2, 0) is 4.79 Å². The first-order valence-electron chi connectivity index (χ1n) is 10.6. The topological polar surface area (TPSA) is 75.9 Å². The van der Waals surface area contributed by atoms with Gasteiger partial charge in [0.2, 0.25) is 5.91 Å². The van der Waals surface area contributed by atoms with Crippen LogP contribution in [0, 0.1) is 0 Å².